The third-order valence-electron chi connectivity index (χ3n) is 6.43. The van der Waals surface area contributed by atoms with Crippen LogP contribution in [-0.2, 0) is 36.3 Å². The highest BCUT2D eigenvalue weighted by Crippen LogP contribution is 2.41. The normalized spacial score (nSPS) is 26.8. The summed E-state index contributed by atoms with van der Waals surface area (Å²) >= 11 is 0. The maximum Gasteiger partial charge on any atom is 0.500 e. The molecule has 2 aliphatic heterocycles. The Balaban J connectivity index is 0.000000227. The fourth-order valence-corrected chi connectivity index (χ4v) is 8.61. The van der Waals surface area contributed by atoms with Crippen LogP contribution in [0.3, 0.4) is 0 Å². The summed E-state index contributed by atoms with van der Waals surface area (Å²) in [6.45, 7) is 10.0. The number of ether oxygens (including phenoxy) is 3. The summed E-state index contributed by atoms with van der Waals surface area (Å²) < 4.78 is 43.9. The van der Waals surface area contributed by atoms with Gasteiger partial charge in [-0.05, 0) is 64.5 Å². The summed E-state index contributed by atoms with van der Waals surface area (Å²) in [4.78, 5) is 0. The lowest BCUT2D eigenvalue weighted by Crippen LogP contribution is -2.43. The zero-order valence-corrected chi connectivity index (χ0v) is 23.1. The van der Waals surface area contributed by atoms with Gasteiger partial charge in [0, 0.05) is 47.2 Å². The largest absolute Gasteiger partial charge is 0.500 e. The van der Waals surface area contributed by atoms with E-state index in [0.29, 0.717) is 18.3 Å². The molecule has 0 aromatic rings. The van der Waals surface area contributed by atoms with Crippen LogP contribution in [0.5, 0.6) is 0 Å². The van der Waals surface area contributed by atoms with Crippen molar-refractivity contribution in [1.82, 2.24) is 0 Å². The van der Waals surface area contributed by atoms with Gasteiger partial charge in [-0.15, -0.1) is 0 Å². The molecule has 3 fully saturated rings. The molecule has 4 atom stereocenters. The second kappa shape index (κ2) is 14.5. The van der Waals surface area contributed by atoms with Gasteiger partial charge in [0.25, 0.3) is 0 Å². The Labute approximate surface area is 197 Å². The monoisotopic (exact) mass is 494 g/mol. The highest BCUT2D eigenvalue weighted by Gasteiger charge is 2.45. The number of fused-ring (bicyclic) bond motifs is 1. The zero-order chi connectivity index (χ0) is 23.5. The topological polar surface area (TPSA) is 80.4 Å². The molecule has 0 aromatic carbocycles. The lowest BCUT2D eigenvalue weighted by atomic mass is 9.88. The van der Waals surface area contributed by atoms with E-state index in [-0.39, 0.29) is 0 Å². The molecule has 32 heavy (non-hydrogen) atoms. The molecule has 0 spiro atoms. The van der Waals surface area contributed by atoms with Crippen LogP contribution in [-0.4, -0.2) is 90.0 Å². The summed E-state index contributed by atoms with van der Waals surface area (Å²) in [6.07, 6.45) is 7.38. The van der Waals surface area contributed by atoms with Crippen molar-refractivity contribution in [2.75, 3.05) is 54.4 Å². The second-order valence-corrected chi connectivity index (χ2v) is 15.3. The van der Waals surface area contributed by atoms with Crippen LogP contribution in [0.15, 0.2) is 0 Å². The van der Waals surface area contributed by atoms with Gasteiger partial charge in [-0.2, -0.15) is 0 Å². The molecule has 2 heterocycles. The van der Waals surface area contributed by atoms with Gasteiger partial charge in [0.2, 0.25) is 0 Å². The smallest absolute Gasteiger partial charge is 0.395 e. The minimum absolute atomic E-state index is 0.363. The van der Waals surface area contributed by atoms with Gasteiger partial charge in [0.05, 0.1) is 25.4 Å². The molecule has 0 radical (unpaired) electrons. The van der Waals surface area contributed by atoms with E-state index in [1.54, 1.807) is 21.3 Å². The molecular formula is C22H46O8Si2. The average molecular weight is 495 g/mol. The fourth-order valence-electron chi connectivity index (χ4n) is 4.36. The van der Waals surface area contributed by atoms with E-state index >= 15 is 0 Å². The molecule has 0 aromatic heterocycles. The van der Waals surface area contributed by atoms with E-state index in [9.17, 15) is 0 Å². The Morgan fingerprint density at radius 3 is 2.09 bits per heavy atom. The van der Waals surface area contributed by atoms with Gasteiger partial charge in [0.15, 0.2) is 0 Å². The quantitative estimate of drug-likeness (QED) is 0.182. The van der Waals surface area contributed by atoms with Crippen molar-refractivity contribution in [3.05, 3.63) is 0 Å². The molecule has 0 bridgehead atoms. The van der Waals surface area contributed by atoms with Crippen LogP contribution in [0.4, 0.5) is 0 Å². The average Bonchev–Trinajstić information content (AvgIpc) is 3.71. The molecule has 190 valence electrons. The molecule has 2 saturated heterocycles. The summed E-state index contributed by atoms with van der Waals surface area (Å²) in [5.74, 6) is 0.760. The lowest BCUT2D eigenvalue weighted by molar-refractivity contribution is 0.113. The van der Waals surface area contributed by atoms with Crippen LogP contribution in [0.2, 0.25) is 18.6 Å². The van der Waals surface area contributed by atoms with Crippen LogP contribution >= 0.6 is 0 Å². The SMILES string of the molecule is CCO[Si](C)(CCCOCC1CO1)OCC.CO[Si](CCC1CCC2OC2C1)(OC)OC. The summed E-state index contributed by atoms with van der Waals surface area (Å²) in [5, 5.41) is 0. The third-order valence-corrected chi connectivity index (χ3v) is 12.3. The van der Waals surface area contributed by atoms with E-state index in [0.717, 1.165) is 63.9 Å². The van der Waals surface area contributed by atoms with Crippen molar-refractivity contribution in [2.45, 2.75) is 82.9 Å². The van der Waals surface area contributed by atoms with Crippen molar-refractivity contribution >= 4 is 17.4 Å². The molecule has 4 unspecified atom stereocenters. The van der Waals surface area contributed by atoms with Gasteiger partial charge in [0.1, 0.15) is 6.10 Å². The van der Waals surface area contributed by atoms with Crippen molar-refractivity contribution in [1.29, 1.82) is 0 Å². The first kappa shape index (κ1) is 28.4. The van der Waals surface area contributed by atoms with E-state index in [2.05, 4.69) is 6.55 Å². The van der Waals surface area contributed by atoms with Crippen LogP contribution in [0, 0.1) is 5.92 Å². The molecule has 1 aliphatic carbocycles. The molecule has 8 nitrogen and oxygen atoms in total. The molecular weight excluding hydrogens is 448 g/mol. The van der Waals surface area contributed by atoms with E-state index in [1.165, 1.54) is 19.3 Å². The summed E-state index contributed by atoms with van der Waals surface area (Å²) in [6, 6.07) is 1.92. The van der Waals surface area contributed by atoms with Crippen molar-refractivity contribution < 1.29 is 36.3 Å². The Bertz CT molecular complexity index is 490. The number of epoxide rings is 2. The first-order valence-electron chi connectivity index (χ1n) is 12.2. The molecule has 3 rings (SSSR count). The molecule has 10 heteroatoms. The molecule has 1 saturated carbocycles. The van der Waals surface area contributed by atoms with Gasteiger partial charge in [-0.25, -0.2) is 0 Å². The lowest BCUT2D eigenvalue weighted by Gasteiger charge is -2.27. The summed E-state index contributed by atoms with van der Waals surface area (Å²) in [7, 11) is 0.769. The molecule has 3 aliphatic rings. The van der Waals surface area contributed by atoms with Gasteiger partial charge < -0.3 is 36.3 Å². The number of hydrogen-bond acceptors (Lipinski definition) is 8. The minimum atomic E-state index is -2.35. The first-order valence-corrected chi connectivity index (χ1v) is 16.7. The van der Waals surface area contributed by atoms with E-state index in [1.807, 2.05) is 13.8 Å². The van der Waals surface area contributed by atoms with Gasteiger partial charge >= 0.3 is 17.4 Å². The zero-order valence-electron chi connectivity index (χ0n) is 21.1. The number of hydrogen-bond donors (Lipinski definition) is 0. The van der Waals surface area contributed by atoms with Gasteiger partial charge in [-0.3, -0.25) is 0 Å². The third kappa shape index (κ3) is 10.2. The predicted octanol–water partition coefficient (Wildman–Crippen LogP) is 3.76. The fraction of sp³-hybridized carbons (Fsp3) is 1.00. The van der Waals surface area contributed by atoms with Crippen molar-refractivity contribution in [2.24, 2.45) is 5.92 Å². The Hall–Kier alpha value is 0.114. The standard InChI is InChI=1S/C11H22O4Si.C11H24O4Si/c1-12-16(13-2,14-3)7-6-9-4-5-10-11(8-9)15-10;1-4-14-16(3,15-5-2)8-6-7-12-9-11-10-13-11/h9-11H,4-8H2,1-3H3;11H,4-10H2,1-3H3. The molecule has 0 amide bonds. The van der Waals surface area contributed by atoms with Crippen LogP contribution in [0.1, 0.15) is 46.0 Å². The first-order chi connectivity index (χ1) is 15.4. The Morgan fingerprint density at radius 2 is 1.56 bits per heavy atom. The Kier molecular flexibility index (Phi) is 12.8. The predicted molar refractivity (Wildman–Crippen MR) is 127 cm³/mol. The van der Waals surface area contributed by atoms with E-state index in [4.69, 9.17) is 36.3 Å². The van der Waals surface area contributed by atoms with Gasteiger partial charge in [-0.1, -0.05) is 0 Å². The number of rotatable bonds is 16. The molecule has 0 N–H and O–H groups in total. The van der Waals surface area contributed by atoms with E-state index < -0.39 is 17.4 Å². The highest BCUT2D eigenvalue weighted by atomic mass is 28.4. The summed E-state index contributed by atoms with van der Waals surface area (Å²) in [5.41, 5.74) is 0. The maximum absolute atomic E-state index is 5.75. The maximum atomic E-state index is 5.75. The van der Waals surface area contributed by atoms with Crippen molar-refractivity contribution in [3.63, 3.8) is 0 Å². The Morgan fingerprint density at radius 1 is 0.906 bits per heavy atom. The highest BCUT2D eigenvalue weighted by molar-refractivity contribution is 6.66. The van der Waals surface area contributed by atoms with Crippen molar-refractivity contribution in [3.8, 4) is 0 Å². The minimum Gasteiger partial charge on any atom is -0.395 e. The van der Waals surface area contributed by atoms with Crippen LogP contribution in [0.25, 0.3) is 0 Å². The second-order valence-electron chi connectivity index (χ2n) is 8.86. The van der Waals surface area contributed by atoms with Crippen LogP contribution < -0.4 is 0 Å².